The first-order valence-corrected chi connectivity index (χ1v) is 12.6. The number of hydrogen-bond acceptors (Lipinski definition) is 5. The molecule has 0 aliphatic carbocycles. The second kappa shape index (κ2) is 10.8. The maximum Gasteiger partial charge on any atom is 0.325 e. The zero-order chi connectivity index (χ0) is 26.5. The second-order valence-electron chi connectivity index (χ2n) is 10.00. The van der Waals surface area contributed by atoms with Crippen molar-refractivity contribution in [3.63, 3.8) is 0 Å². The van der Waals surface area contributed by atoms with Crippen LogP contribution >= 0.6 is 0 Å². The number of esters is 1. The van der Waals surface area contributed by atoms with Crippen molar-refractivity contribution < 1.29 is 13.9 Å². The third-order valence-corrected chi connectivity index (χ3v) is 5.90. The van der Waals surface area contributed by atoms with Crippen molar-refractivity contribution in [2.24, 2.45) is 0 Å². The van der Waals surface area contributed by atoms with Gasteiger partial charge < -0.3 is 14.5 Å². The Morgan fingerprint density at radius 2 is 1.37 bits per heavy atom. The number of nitrogens with one attached hydrogen (secondary N) is 1. The third-order valence-electron chi connectivity index (χ3n) is 5.90. The lowest BCUT2D eigenvalue weighted by molar-refractivity contribution is -0.152. The summed E-state index contributed by atoms with van der Waals surface area (Å²) in [5, 5.41) is 3.18. The van der Waals surface area contributed by atoms with Gasteiger partial charge in [0.25, 0.3) is 0 Å². The predicted octanol–water partition coefficient (Wildman–Crippen LogP) is 8.10. The van der Waals surface area contributed by atoms with Crippen LogP contribution in [0.1, 0.15) is 20.8 Å². The van der Waals surface area contributed by atoms with Crippen LogP contribution in [0.15, 0.2) is 114 Å². The molecule has 190 valence electrons. The summed E-state index contributed by atoms with van der Waals surface area (Å²) in [7, 11) is 0. The van der Waals surface area contributed by atoms with E-state index in [-0.39, 0.29) is 12.5 Å². The molecule has 0 radical (unpaired) electrons. The van der Waals surface area contributed by atoms with Gasteiger partial charge in [-0.2, -0.15) is 0 Å². The summed E-state index contributed by atoms with van der Waals surface area (Å²) < 4.78 is 11.9. The van der Waals surface area contributed by atoms with E-state index in [4.69, 9.17) is 14.1 Å². The molecule has 0 fully saturated rings. The lowest BCUT2D eigenvalue weighted by atomic mass is 9.99. The number of nitrogens with zero attached hydrogens (tertiary/aromatic N) is 1. The summed E-state index contributed by atoms with van der Waals surface area (Å²) in [5.74, 6) is 0.977. The van der Waals surface area contributed by atoms with Gasteiger partial charge in [0.1, 0.15) is 17.8 Å². The highest BCUT2D eigenvalue weighted by atomic mass is 16.6. The molecule has 0 atom stereocenters. The Kier molecular flexibility index (Phi) is 7.09. The van der Waals surface area contributed by atoms with Gasteiger partial charge in [0.15, 0.2) is 5.76 Å². The first-order valence-electron chi connectivity index (χ1n) is 12.6. The van der Waals surface area contributed by atoms with Gasteiger partial charge in [-0.25, -0.2) is 4.98 Å². The monoisotopic (exact) mass is 502 g/mol. The molecule has 0 saturated carbocycles. The van der Waals surface area contributed by atoms with Crippen LogP contribution in [0.2, 0.25) is 0 Å². The van der Waals surface area contributed by atoms with Crippen molar-refractivity contribution in [3.05, 3.63) is 109 Å². The van der Waals surface area contributed by atoms with Gasteiger partial charge in [0, 0.05) is 22.4 Å². The van der Waals surface area contributed by atoms with Crippen molar-refractivity contribution in [1.82, 2.24) is 4.98 Å². The van der Waals surface area contributed by atoms with Gasteiger partial charge in [0.2, 0.25) is 5.89 Å². The number of carbonyl (C=O) groups is 1. The fourth-order valence-corrected chi connectivity index (χ4v) is 4.28. The molecule has 38 heavy (non-hydrogen) atoms. The predicted molar refractivity (Wildman–Crippen MR) is 153 cm³/mol. The summed E-state index contributed by atoms with van der Waals surface area (Å²) in [5.41, 5.74) is 5.91. The number of aromatic nitrogens is 1. The lowest BCUT2D eigenvalue weighted by Crippen LogP contribution is -2.28. The molecule has 5 rings (SSSR count). The van der Waals surface area contributed by atoms with Gasteiger partial charge in [-0.3, -0.25) is 4.79 Å². The average molecular weight is 503 g/mol. The molecular weight excluding hydrogens is 472 g/mol. The van der Waals surface area contributed by atoms with Crippen LogP contribution in [0, 0.1) is 0 Å². The number of anilines is 1. The summed E-state index contributed by atoms with van der Waals surface area (Å²) in [6.45, 7) is 5.66. The van der Waals surface area contributed by atoms with Gasteiger partial charge in [-0.1, -0.05) is 91.0 Å². The van der Waals surface area contributed by atoms with Gasteiger partial charge >= 0.3 is 5.97 Å². The van der Waals surface area contributed by atoms with E-state index < -0.39 is 5.60 Å². The fraction of sp³-hybridized carbons (Fsp3) is 0.152. The summed E-state index contributed by atoms with van der Waals surface area (Å²) in [6, 6.07) is 36.1. The molecule has 1 N–H and O–H groups in total. The average Bonchev–Trinajstić information content (AvgIpc) is 3.38. The molecule has 0 bridgehead atoms. The van der Waals surface area contributed by atoms with E-state index >= 15 is 0 Å². The van der Waals surface area contributed by atoms with Crippen LogP contribution in [0.3, 0.4) is 0 Å². The molecule has 0 amide bonds. The maximum atomic E-state index is 12.2. The molecule has 0 aliphatic heterocycles. The zero-order valence-electron chi connectivity index (χ0n) is 21.8. The van der Waals surface area contributed by atoms with Crippen molar-refractivity contribution >= 4 is 11.7 Å². The Balaban J connectivity index is 1.51. The largest absolute Gasteiger partial charge is 0.459 e. The molecule has 0 spiro atoms. The van der Waals surface area contributed by atoms with Gasteiger partial charge in [0.05, 0.1) is 0 Å². The first-order chi connectivity index (χ1) is 18.4. The Hall–Kier alpha value is -4.64. The van der Waals surface area contributed by atoms with E-state index in [9.17, 15) is 4.79 Å². The molecule has 0 saturated heterocycles. The quantitative estimate of drug-likeness (QED) is 0.228. The topological polar surface area (TPSA) is 64.4 Å². The van der Waals surface area contributed by atoms with Gasteiger partial charge in [-0.05, 0) is 50.1 Å². The van der Waals surface area contributed by atoms with Crippen molar-refractivity contribution in [2.75, 3.05) is 11.9 Å². The van der Waals surface area contributed by atoms with Crippen LogP contribution in [-0.4, -0.2) is 23.1 Å². The molecule has 5 aromatic rings. The highest BCUT2D eigenvalue weighted by Gasteiger charge is 2.20. The normalized spacial score (nSPS) is 11.2. The first kappa shape index (κ1) is 25.0. The number of rotatable bonds is 7. The lowest BCUT2D eigenvalue weighted by Gasteiger charge is -2.19. The van der Waals surface area contributed by atoms with Gasteiger partial charge in [-0.15, -0.1) is 0 Å². The van der Waals surface area contributed by atoms with E-state index in [1.54, 1.807) is 0 Å². The number of benzene rings is 4. The SMILES string of the molecule is CC(C)(C)OC(=O)CNc1cccc(-c2ccccc2-c2nc(-c3ccccc3)c(-c3ccccc3)o2)c1. The Bertz CT molecular complexity index is 1480. The van der Waals surface area contributed by atoms with Crippen LogP contribution < -0.4 is 5.32 Å². The van der Waals surface area contributed by atoms with E-state index in [2.05, 4.69) is 11.4 Å². The number of hydrogen-bond donors (Lipinski definition) is 1. The van der Waals surface area contributed by atoms with Crippen molar-refractivity contribution in [2.45, 2.75) is 26.4 Å². The molecule has 0 aliphatic rings. The van der Waals surface area contributed by atoms with Crippen LogP contribution in [0.5, 0.6) is 0 Å². The van der Waals surface area contributed by atoms with Crippen LogP contribution in [0.25, 0.3) is 45.2 Å². The highest BCUT2D eigenvalue weighted by Crippen LogP contribution is 2.39. The summed E-state index contributed by atoms with van der Waals surface area (Å²) in [6.07, 6.45) is 0. The van der Waals surface area contributed by atoms with E-state index in [1.807, 2.05) is 124 Å². The Morgan fingerprint density at radius 1 is 0.763 bits per heavy atom. The summed E-state index contributed by atoms with van der Waals surface area (Å²) in [4.78, 5) is 17.2. The van der Waals surface area contributed by atoms with E-state index in [1.165, 1.54) is 0 Å². The Labute approximate surface area is 223 Å². The zero-order valence-corrected chi connectivity index (χ0v) is 21.8. The van der Waals surface area contributed by atoms with Crippen LogP contribution in [-0.2, 0) is 9.53 Å². The minimum atomic E-state index is -0.521. The third kappa shape index (κ3) is 5.84. The molecule has 4 aromatic carbocycles. The number of oxazole rings is 1. The molecule has 0 unspecified atom stereocenters. The number of carbonyl (C=O) groups excluding carboxylic acids is 1. The Morgan fingerprint density at radius 3 is 2.05 bits per heavy atom. The summed E-state index contributed by atoms with van der Waals surface area (Å²) >= 11 is 0. The maximum absolute atomic E-state index is 12.2. The highest BCUT2D eigenvalue weighted by molar-refractivity contribution is 5.85. The minimum Gasteiger partial charge on any atom is -0.459 e. The van der Waals surface area contributed by atoms with Crippen LogP contribution in [0.4, 0.5) is 5.69 Å². The molecule has 1 aromatic heterocycles. The smallest absolute Gasteiger partial charge is 0.325 e. The van der Waals surface area contributed by atoms with Crippen molar-refractivity contribution in [1.29, 1.82) is 0 Å². The fourth-order valence-electron chi connectivity index (χ4n) is 4.28. The van der Waals surface area contributed by atoms with Crippen molar-refractivity contribution in [3.8, 4) is 45.2 Å². The van der Waals surface area contributed by atoms with E-state index in [0.717, 1.165) is 45.0 Å². The second-order valence-corrected chi connectivity index (χ2v) is 10.00. The molecular formula is C33H30N2O3. The molecule has 1 heterocycles. The van der Waals surface area contributed by atoms with E-state index in [0.29, 0.717) is 5.89 Å². The number of ether oxygens (including phenoxy) is 1. The molecule has 5 heteroatoms. The standard InChI is InChI=1S/C33H30N2O3/c1-33(2,3)38-29(36)22-34-26-18-12-17-25(21-26)27-19-10-11-20-28(27)32-35-30(23-13-6-4-7-14-23)31(37-32)24-15-8-5-9-16-24/h4-21,34H,22H2,1-3H3. The minimum absolute atomic E-state index is 0.0863. The molecule has 5 nitrogen and oxygen atoms in total.